The van der Waals surface area contributed by atoms with Gasteiger partial charge in [-0.3, -0.25) is 0 Å². The molecule has 0 unspecified atom stereocenters. The van der Waals surface area contributed by atoms with Gasteiger partial charge in [0.05, 0.1) is 0 Å². The number of carbonyl (C=O) groups is 1. The van der Waals surface area contributed by atoms with Crippen LogP contribution in [0.25, 0.3) is 0 Å². The Bertz CT molecular complexity index is 253. The van der Waals surface area contributed by atoms with Crippen LogP contribution >= 0.6 is 11.6 Å². The third-order valence-electron chi connectivity index (χ3n) is 1.96. The molecular weight excluding hydrogens is 184 g/mol. The summed E-state index contributed by atoms with van der Waals surface area (Å²) in [6, 6.07) is 8.27. The maximum Gasteiger partial charge on any atom is 0.120 e. The highest BCUT2D eigenvalue weighted by atomic mass is 35.5. The lowest BCUT2D eigenvalue weighted by Gasteiger charge is -2.00. The monoisotopic (exact) mass is 196 g/mol. The van der Waals surface area contributed by atoms with Crippen molar-refractivity contribution in [1.29, 1.82) is 0 Å². The number of rotatable bonds is 5. The zero-order valence-corrected chi connectivity index (χ0v) is 8.26. The lowest BCUT2D eigenvalue weighted by Crippen LogP contribution is -1.89. The first-order chi connectivity index (χ1) is 6.36. The van der Waals surface area contributed by atoms with E-state index in [1.807, 2.05) is 0 Å². The van der Waals surface area contributed by atoms with Gasteiger partial charge in [0, 0.05) is 12.3 Å². The van der Waals surface area contributed by atoms with Gasteiger partial charge in [-0.1, -0.05) is 24.3 Å². The Morgan fingerprint density at radius 2 is 1.62 bits per heavy atom. The Labute approximate surface area is 83.7 Å². The molecule has 0 heterocycles. The van der Waals surface area contributed by atoms with Crippen LogP contribution in [0.1, 0.15) is 17.5 Å². The summed E-state index contributed by atoms with van der Waals surface area (Å²) >= 11 is 5.61. The summed E-state index contributed by atoms with van der Waals surface area (Å²) in [4.78, 5) is 10.1. The molecule has 1 aromatic carbocycles. The van der Waals surface area contributed by atoms with Crippen molar-refractivity contribution in [2.75, 3.05) is 5.88 Å². The van der Waals surface area contributed by atoms with E-state index in [-0.39, 0.29) is 0 Å². The first-order valence-electron chi connectivity index (χ1n) is 4.44. The van der Waals surface area contributed by atoms with Gasteiger partial charge in [0.25, 0.3) is 0 Å². The molecule has 2 heteroatoms. The molecule has 13 heavy (non-hydrogen) atoms. The number of aryl methyl sites for hydroxylation is 2. The largest absolute Gasteiger partial charge is 0.303 e. The van der Waals surface area contributed by atoms with E-state index < -0.39 is 0 Å². The Morgan fingerprint density at radius 3 is 2.08 bits per heavy atom. The van der Waals surface area contributed by atoms with Gasteiger partial charge in [0.1, 0.15) is 6.29 Å². The average molecular weight is 197 g/mol. The number of halogens is 1. The number of hydrogen-bond donors (Lipinski definition) is 0. The van der Waals surface area contributed by atoms with Crippen molar-refractivity contribution >= 4 is 17.9 Å². The molecule has 1 nitrogen and oxygen atoms in total. The van der Waals surface area contributed by atoms with Crippen molar-refractivity contribution < 1.29 is 4.79 Å². The maximum atomic E-state index is 10.1. The van der Waals surface area contributed by atoms with Gasteiger partial charge >= 0.3 is 0 Å². The average Bonchev–Trinajstić information content (AvgIpc) is 2.17. The molecule has 1 rings (SSSR count). The van der Waals surface area contributed by atoms with Crippen molar-refractivity contribution in [3.8, 4) is 0 Å². The van der Waals surface area contributed by atoms with Crippen LogP contribution in [0, 0.1) is 0 Å². The molecule has 0 saturated carbocycles. The molecule has 0 aromatic heterocycles. The van der Waals surface area contributed by atoms with Crippen LogP contribution in [0.2, 0.25) is 0 Å². The molecular formula is C11H13ClO. The highest BCUT2D eigenvalue weighted by Gasteiger charge is 1.93. The minimum Gasteiger partial charge on any atom is -0.303 e. The fourth-order valence-corrected chi connectivity index (χ4v) is 1.43. The van der Waals surface area contributed by atoms with Crippen molar-refractivity contribution in [3.05, 3.63) is 35.4 Å². The molecule has 0 radical (unpaired) electrons. The normalized spacial score (nSPS) is 9.92. The highest BCUT2D eigenvalue weighted by molar-refractivity contribution is 6.17. The van der Waals surface area contributed by atoms with Crippen LogP contribution in [-0.4, -0.2) is 12.2 Å². The Morgan fingerprint density at radius 1 is 1.08 bits per heavy atom. The smallest absolute Gasteiger partial charge is 0.120 e. The second-order valence-corrected chi connectivity index (χ2v) is 3.34. The van der Waals surface area contributed by atoms with Gasteiger partial charge in [-0.05, 0) is 24.0 Å². The zero-order chi connectivity index (χ0) is 9.52. The summed E-state index contributed by atoms with van der Waals surface area (Å²) < 4.78 is 0. The van der Waals surface area contributed by atoms with Crippen molar-refractivity contribution in [2.24, 2.45) is 0 Å². The van der Waals surface area contributed by atoms with E-state index in [1.54, 1.807) is 0 Å². The van der Waals surface area contributed by atoms with E-state index in [9.17, 15) is 4.79 Å². The van der Waals surface area contributed by atoms with Crippen molar-refractivity contribution in [2.45, 2.75) is 19.3 Å². The van der Waals surface area contributed by atoms with Gasteiger partial charge in [0.15, 0.2) is 0 Å². The lowest BCUT2D eigenvalue weighted by atomic mass is 10.1. The molecule has 0 atom stereocenters. The fraction of sp³-hybridized carbons (Fsp3) is 0.364. The highest BCUT2D eigenvalue weighted by Crippen LogP contribution is 2.07. The number of benzene rings is 1. The van der Waals surface area contributed by atoms with Gasteiger partial charge in [-0.15, -0.1) is 11.6 Å². The molecule has 0 aliphatic rings. The molecule has 0 amide bonds. The van der Waals surface area contributed by atoms with Crippen LogP contribution in [0.4, 0.5) is 0 Å². The lowest BCUT2D eigenvalue weighted by molar-refractivity contribution is -0.107. The Balaban J connectivity index is 2.53. The third-order valence-corrected chi connectivity index (χ3v) is 2.15. The summed E-state index contributed by atoms with van der Waals surface area (Å²) in [6.07, 6.45) is 3.31. The Hall–Kier alpha value is -0.820. The molecule has 70 valence electrons. The minimum atomic E-state index is 0.606. The SMILES string of the molecule is O=CCCc1ccc(CCCl)cc1. The number of hydrogen-bond acceptors (Lipinski definition) is 1. The van der Waals surface area contributed by atoms with Crippen LogP contribution in [0.15, 0.2) is 24.3 Å². The fourth-order valence-electron chi connectivity index (χ4n) is 1.21. The molecule has 0 bridgehead atoms. The second-order valence-electron chi connectivity index (χ2n) is 2.96. The van der Waals surface area contributed by atoms with Crippen molar-refractivity contribution in [1.82, 2.24) is 0 Å². The minimum absolute atomic E-state index is 0.606. The number of alkyl halides is 1. The molecule has 0 fully saturated rings. The van der Waals surface area contributed by atoms with E-state index in [1.165, 1.54) is 11.1 Å². The standard InChI is InChI=1S/C11H13ClO/c12-8-7-11-5-3-10(4-6-11)2-1-9-13/h3-6,9H,1-2,7-8H2. The van der Waals surface area contributed by atoms with Crippen LogP contribution < -0.4 is 0 Å². The molecule has 0 spiro atoms. The predicted octanol–water partition coefficient (Wildman–Crippen LogP) is 2.60. The first-order valence-corrected chi connectivity index (χ1v) is 4.97. The van der Waals surface area contributed by atoms with Crippen LogP contribution in [0.5, 0.6) is 0 Å². The van der Waals surface area contributed by atoms with Gasteiger partial charge in [-0.2, -0.15) is 0 Å². The third kappa shape index (κ3) is 3.60. The predicted molar refractivity (Wildman–Crippen MR) is 55.3 cm³/mol. The quantitative estimate of drug-likeness (QED) is 0.523. The number of aldehydes is 1. The van der Waals surface area contributed by atoms with Gasteiger partial charge in [0.2, 0.25) is 0 Å². The van der Waals surface area contributed by atoms with Crippen LogP contribution in [-0.2, 0) is 17.6 Å². The molecule has 0 aliphatic carbocycles. The summed E-state index contributed by atoms with van der Waals surface area (Å²) in [5.74, 6) is 0.660. The topological polar surface area (TPSA) is 17.1 Å². The van der Waals surface area contributed by atoms with E-state index in [4.69, 9.17) is 11.6 Å². The van der Waals surface area contributed by atoms with Crippen LogP contribution in [0.3, 0.4) is 0 Å². The van der Waals surface area contributed by atoms with E-state index >= 15 is 0 Å². The summed E-state index contributed by atoms with van der Waals surface area (Å²) in [5.41, 5.74) is 2.47. The van der Waals surface area contributed by atoms with Gasteiger partial charge < -0.3 is 4.79 Å². The maximum absolute atomic E-state index is 10.1. The Kier molecular flexibility index (Phi) is 4.55. The van der Waals surface area contributed by atoms with E-state index in [2.05, 4.69) is 24.3 Å². The zero-order valence-electron chi connectivity index (χ0n) is 7.50. The number of carbonyl (C=O) groups excluding carboxylic acids is 1. The summed E-state index contributed by atoms with van der Waals surface area (Å²) in [7, 11) is 0. The molecule has 0 N–H and O–H groups in total. The van der Waals surface area contributed by atoms with E-state index in [0.717, 1.165) is 19.1 Å². The van der Waals surface area contributed by atoms with Gasteiger partial charge in [-0.25, -0.2) is 0 Å². The molecule has 0 aliphatic heterocycles. The second kappa shape index (κ2) is 5.76. The molecule has 1 aromatic rings. The van der Waals surface area contributed by atoms with E-state index in [0.29, 0.717) is 12.3 Å². The molecule has 0 saturated heterocycles. The first kappa shape index (κ1) is 10.3. The van der Waals surface area contributed by atoms with Crippen molar-refractivity contribution in [3.63, 3.8) is 0 Å². The summed E-state index contributed by atoms with van der Waals surface area (Å²) in [6.45, 7) is 0. The summed E-state index contributed by atoms with van der Waals surface area (Å²) in [5, 5.41) is 0.